The number of rotatable bonds is 3. The number of benzene rings is 6. The first-order chi connectivity index (χ1) is 17.7. The molecule has 1 aliphatic rings. The Balaban J connectivity index is 1.51. The smallest absolute Gasteiger partial charge is 0.133 e. The minimum atomic E-state index is 0.275. The van der Waals surface area contributed by atoms with Crippen LogP contribution >= 0.6 is 0 Å². The third kappa shape index (κ3) is 3.53. The van der Waals surface area contributed by atoms with Gasteiger partial charge in [-0.1, -0.05) is 72.8 Å². The van der Waals surface area contributed by atoms with Crippen molar-refractivity contribution in [2.45, 2.75) is 31.7 Å². The number of Topliss-reactive ketones (excluding diaryl/α,β-unsaturated/α-hetero) is 1. The fourth-order valence-corrected chi connectivity index (χ4v) is 6.03. The van der Waals surface area contributed by atoms with E-state index in [1.54, 1.807) is 0 Å². The molecule has 0 saturated heterocycles. The van der Waals surface area contributed by atoms with E-state index in [0.29, 0.717) is 18.6 Å². The third-order valence-electron chi connectivity index (χ3n) is 7.84. The second-order valence-corrected chi connectivity index (χ2v) is 10.0. The Hall–Kier alpha value is -4.17. The van der Waals surface area contributed by atoms with Crippen LogP contribution in [-0.4, -0.2) is 11.8 Å². The SMILES string of the molecule is O=C1CCC(N(c2cccc3cc4ccccc4cc23)c2cccc3cc4ccccc4cc23)CC1. The van der Waals surface area contributed by atoms with Gasteiger partial charge in [-0.3, -0.25) is 4.79 Å². The summed E-state index contributed by atoms with van der Waals surface area (Å²) in [5.41, 5.74) is 2.44. The van der Waals surface area contributed by atoms with Gasteiger partial charge in [-0.25, -0.2) is 0 Å². The number of nitrogens with zero attached hydrogens (tertiary/aromatic N) is 1. The van der Waals surface area contributed by atoms with Crippen LogP contribution in [0.3, 0.4) is 0 Å². The van der Waals surface area contributed by atoms with Crippen LogP contribution < -0.4 is 4.90 Å². The lowest BCUT2D eigenvalue weighted by atomic mass is 9.90. The van der Waals surface area contributed by atoms with E-state index in [1.807, 2.05) is 0 Å². The molecule has 6 aromatic carbocycles. The molecule has 0 radical (unpaired) electrons. The topological polar surface area (TPSA) is 20.3 Å². The molecule has 0 aliphatic heterocycles. The summed E-state index contributed by atoms with van der Waals surface area (Å²) in [5, 5.41) is 10.0. The predicted molar refractivity (Wildman–Crippen MR) is 152 cm³/mol. The minimum absolute atomic E-state index is 0.275. The maximum absolute atomic E-state index is 12.2. The summed E-state index contributed by atoms with van der Waals surface area (Å²) >= 11 is 0. The first kappa shape index (κ1) is 21.1. The van der Waals surface area contributed by atoms with E-state index in [0.717, 1.165) is 12.8 Å². The van der Waals surface area contributed by atoms with Crippen molar-refractivity contribution in [3.63, 3.8) is 0 Å². The third-order valence-corrected chi connectivity index (χ3v) is 7.84. The van der Waals surface area contributed by atoms with Gasteiger partial charge in [0, 0.05) is 41.0 Å². The monoisotopic (exact) mass is 465 g/mol. The number of carbonyl (C=O) groups excluding carboxylic acids is 1. The van der Waals surface area contributed by atoms with Crippen molar-refractivity contribution in [2.24, 2.45) is 0 Å². The van der Waals surface area contributed by atoms with E-state index in [2.05, 4.69) is 114 Å². The zero-order chi connectivity index (χ0) is 24.1. The summed E-state index contributed by atoms with van der Waals surface area (Å²) in [7, 11) is 0. The molecule has 0 spiro atoms. The molecule has 0 N–H and O–H groups in total. The molecular weight excluding hydrogens is 438 g/mol. The molecule has 0 aromatic heterocycles. The molecule has 1 saturated carbocycles. The van der Waals surface area contributed by atoms with Crippen LogP contribution in [0.4, 0.5) is 11.4 Å². The normalized spacial score (nSPS) is 14.7. The van der Waals surface area contributed by atoms with Crippen LogP contribution in [0.1, 0.15) is 25.7 Å². The number of ketones is 1. The van der Waals surface area contributed by atoms with Crippen LogP contribution in [0, 0.1) is 0 Å². The average molecular weight is 466 g/mol. The second-order valence-electron chi connectivity index (χ2n) is 10.0. The van der Waals surface area contributed by atoms with Crippen LogP contribution in [0.15, 0.2) is 109 Å². The van der Waals surface area contributed by atoms with Crippen LogP contribution in [-0.2, 0) is 4.79 Å². The quantitative estimate of drug-likeness (QED) is 0.243. The van der Waals surface area contributed by atoms with Gasteiger partial charge in [0.15, 0.2) is 0 Å². The Labute approximate surface area is 210 Å². The molecule has 2 heteroatoms. The molecule has 0 atom stereocenters. The molecule has 174 valence electrons. The first-order valence-electron chi connectivity index (χ1n) is 12.9. The molecule has 0 bridgehead atoms. The van der Waals surface area contributed by atoms with E-state index in [1.165, 1.54) is 54.5 Å². The average Bonchev–Trinajstić information content (AvgIpc) is 2.92. The van der Waals surface area contributed by atoms with Crippen molar-refractivity contribution in [3.8, 4) is 0 Å². The fraction of sp³-hybridized carbons (Fsp3) is 0.147. The minimum Gasteiger partial charge on any atom is -0.337 e. The van der Waals surface area contributed by atoms with Gasteiger partial charge in [-0.15, -0.1) is 0 Å². The van der Waals surface area contributed by atoms with Crippen molar-refractivity contribution in [3.05, 3.63) is 109 Å². The molecule has 1 fully saturated rings. The van der Waals surface area contributed by atoms with Gasteiger partial charge in [0.1, 0.15) is 5.78 Å². The van der Waals surface area contributed by atoms with Crippen molar-refractivity contribution in [1.29, 1.82) is 0 Å². The van der Waals surface area contributed by atoms with Gasteiger partial charge in [0.2, 0.25) is 0 Å². The molecule has 0 unspecified atom stereocenters. The van der Waals surface area contributed by atoms with Crippen molar-refractivity contribution in [1.82, 2.24) is 0 Å². The van der Waals surface area contributed by atoms with Gasteiger partial charge >= 0.3 is 0 Å². The number of anilines is 2. The Morgan fingerprint density at radius 1 is 0.500 bits per heavy atom. The molecule has 0 amide bonds. The van der Waals surface area contributed by atoms with E-state index < -0.39 is 0 Å². The highest BCUT2D eigenvalue weighted by atomic mass is 16.1. The zero-order valence-corrected chi connectivity index (χ0v) is 20.2. The number of carbonyl (C=O) groups is 1. The van der Waals surface area contributed by atoms with Gasteiger partial charge in [-0.05, 0) is 81.6 Å². The Bertz CT molecular complexity index is 1650. The first-order valence-corrected chi connectivity index (χ1v) is 12.9. The van der Waals surface area contributed by atoms with Gasteiger partial charge in [-0.2, -0.15) is 0 Å². The second kappa shape index (κ2) is 8.49. The highest BCUT2D eigenvalue weighted by molar-refractivity contribution is 6.09. The lowest BCUT2D eigenvalue weighted by Gasteiger charge is -2.37. The summed E-state index contributed by atoms with van der Waals surface area (Å²) < 4.78 is 0. The summed E-state index contributed by atoms with van der Waals surface area (Å²) in [6, 6.07) is 40.0. The summed E-state index contributed by atoms with van der Waals surface area (Å²) in [6.07, 6.45) is 3.07. The van der Waals surface area contributed by atoms with E-state index in [4.69, 9.17) is 0 Å². The highest BCUT2D eigenvalue weighted by Gasteiger charge is 2.28. The summed E-state index contributed by atoms with van der Waals surface area (Å²) in [4.78, 5) is 14.7. The lowest BCUT2D eigenvalue weighted by Crippen LogP contribution is -2.35. The molecule has 36 heavy (non-hydrogen) atoms. The Morgan fingerprint density at radius 3 is 1.39 bits per heavy atom. The summed E-state index contributed by atoms with van der Waals surface area (Å²) in [5.74, 6) is 0.388. The van der Waals surface area contributed by atoms with Gasteiger partial charge in [0.05, 0.1) is 0 Å². The van der Waals surface area contributed by atoms with Crippen LogP contribution in [0.5, 0.6) is 0 Å². The number of hydrogen-bond donors (Lipinski definition) is 0. The van der Waals surface area contributed by atoms with Gasteiger partial charge in [0.25, 0.3) is 0 Å². The lowest BCUT2D eigenvalue weighted by molar-refractivity contribution is -0.120. The number of fused-ring (bicyclic) bond motifs is 4. The van der Waals surface area contributed by atoms with Crippen LogP contribution in [0.25, 0.3) is 43.1 Å². The Kier molecular flexibility index (Phi) is 4.99. The molecular formula is C34H27NO. The molecule has 7 rings (SSSR count). The van der Waals surface area contributed by atoms with Crippen molar-refractivity contribution >= 4 is 60.2 Å². The number of hydrogen-bond acceptors (Lipinski definition) is 2. The van der Waals surface area contributed by atoms with E-state index in [-0.39, 0.29) is 6.04 Å². The van der Waals surface area contributed by atoms with Crippen LogP contribution in [0.2, 0.25) is 0 Å². The van der Waals surface area contributed by atoms with E-state index >= 15 is 0 Å². The maximum Gasteiger partial charge on any atom is 0.133 e. The van der Waals surface area contributed by atoms with E-state index in [9.17, 15) is 4.79 Å². The molecule has 0 heterocycles. The Morgan fingerprint density at radius 2 is 0.917 bits per heavy atom. The van der Waals surface area contributed by atoms with Crippen molar-refractivity contribution in [2.75, 3.05) is 4.90 Å². The summed E-state index contributed by atoms with van der Waals surface area (Å²) in [6.45, 7) is 0. The maximum atomic E-state index is 12.2. The highest BCUT2D eigenvalue weighted by Crippen LogP contribution is 2.42. The molecule has 6 aromatic rings. The molecule has 2 nitrogen and oxygen atoms in total. The van der Waals surface area contributed by atoms with Gasteiger partial charge < -0.3 is 4.90 Å². The van der Waals surface area contributed by atoms with Crippen molar-refractivity contribution < 1.29 is 4.79 Å². The standard InChI is InChI=1S/C34H27NO/c36-30-17-15-29(16-18-30)35(33-13-5-11-27-19-23-7-1-3-9-25(23)21-31(27)33)34-14-6-12-28-20-24-8-2-4-10-26(24)22-32(28)34/h1-14,19-22,29H,15-18H2. The largest absolute Gasteiger partial charge is 0.337 e. The fourth-order valence-electron chi connectivity index (χ4n) is 6.03. The molecule has 1 aliphatic carbocycles. The predicted octanol–water partition coefficient (Wildman–Crippen LogP) is 8.95. The zero-order valence-electron chi connectivity index (χ0n) is 20.2.